The number of benzene rings is 1. The van der Waals surface area contributed by atoms with E-state index in [1.54, 1.807) is 33.9 Å². The topological polar surface area (TPSA) is 531 Å². The molecule has 1 saturated heterocycles. The van der Waals surface area contributed by atoms with Crippen LogP contribution in [0.2, 0.25) is 0 Å². The minimum Gasteiger partial charge on any atom is -0.870 e. The Morgan fingerprint density at radius 2 is 1.16 bits per heavy atom. The summed E-state index contributed by atoms with van der Waals surface area (Å²) in [5.74, 6) is -4.55. The molecule has 2 unspecified atom stereocenters. The number of fused-ring (bicyclic) bond motifs is 1. The molecule has 6 rings (SSSR count). The smallest absolute Gasteiger partial charge is 0.870 e. The molecule has 1 aliphatic heterocycles. The van der Waals surface area contributed by atoms with E-state index >= 15 is 0 Å². The number of nitrogens with zero attached hydrogens (tertiary/aromatic N) is 7. The van der Waals surface area contributed by atoms with E-state index in [1.165, 1.54) is 25.3 Å². The largest absolute Gasteiger partial charge is 3.00 e. The van der Waals surface area contributed by atoms with Crippen LogP contribution in [0, 0.1) is 0 Å². The number of aromatic amines is 1. The maximum Gasteiger partial charge on any atom is 3.00 e. The summed E-state index contributed by atoms with van der Waals surface area (Å²) in [4.78, 5) is 178. The molecule has 1 fully saturated rings. The number of carboxylic acid groups (broad SMARTS) is 3. The van der Waals surface area contributed by atoms with Crippen molar-refractivity contribution in [2.75, 3.05) is 201 Å². The number of nitrogens with one attached hydrogen (secondary N) is 4. The molecule has 3 heterocycles. The van der Waals surface area contributed by atoms with Crippen LogP contribution in [-0.4, -0.2) is 320 Å². The third-order valence-corrected chi connectivity index (χ3v) is 20.0. The Hall–Kier alpha value is -8.52. The quantitative estimate of drug-likeness (QED) is 0.0132. The Balaban J connectivity index is 0.000000625. The number of unbranched alkanes of at least 4 members (excludes halogenated alkanes) is 5. The van der Waals surface area contributed by atoms with Crippen LogP contribution in [0.1, 0.15) is 169 Å². The maximum atomic E-state index is 12.8. The Bertz CT molecular complexity index is 4120. The van der Waals surface area contributed by atoms with Crippen molar-refractivity contribution in [1.82, 2.24) is 44.9 Å². The molecule has 0 aliphatic carbocycles. The second kappa shape index (κ2) is 64.3. The van der Waals surface area contributed by atoms with Crippen LogP contribution in [-0.2, 0) is 102 Å². The fourth-order valence-corrected chi connectivity index (χ4v) is 13.2. The SMILES string of the molecule is CCCOCCCN(CC(=O)CCCCOCCOC(C)COCCCCc1c(NCCCC(C(=O)[O-])N2CCN(CC=O)CCN(CC(=O)[O-])CC2)c(=O)c1=O)C(C)=O.COCCOCCCCc1c(CCCCOCCOCCOCCCCC(=O)CC[C@H](NC(=O)c2ccc(NCc3cnc4nc(N)[nH]c(=O)c4n3)cc2)C(=O)O)c(=O)c1=O.[Ga+3].[OH-]. The van der Waals surface area contributed by atoms with Gasteiger partial charge in [-0.25, -0.2) is 14.8 Å². The van der Waals surface area contributed by atoms with E-state index in [2.05, 4.69) is 35.9 Å². The summed E-state index contributed by atoms with van der Waals surface area (Å²) in [5.41, 5.74) is 6.83. The van der Waals surface area contributed by atoms with Crippen LogP contribution < -0.4 is 59.2 Å². The molecule has 0 saturated carbocycles. The predicted octanol–water partition coefficient (Wildman–Crippen LogP) is 0.334. The number of carbonyl (C=O) groups excluding carboxylic acids is 7. The number of hydrogen-bond acceptors (Lipinski definition) is 34. The molecule has 8 N–H and O–H groups in total. The van der Waals surface area contributed by atoms with Crippen molar-refractivity contribution in [1.29, 1.82) is 0 Å². The summed E-state index contributed by atoms with van der Waals surface area (Å²) in [5, 5.41) is 41.7. The van der Waals surface area contributed by atoms with E-state index in [9.17, 15) is 77.6 Å². The molecular formula is C84H127GaN12O26. The van der Waals surface area contributed by atoms with Crippen molar-refractivity contribution in [2.24, 2.45) is 0 Å². The van der Waals surface area contributed by atoms with Gasteiger partial charge in [0.25, 0.3) is 11.5 Å². The molecule has 682 valence electrons. The molecule has 3 aromatic carbocycles. The zero-order valence-electron chi connectivity index (χ0n) is 71.8. The van der Waals surface area contributed by atoms with Crippen LogP contribution in [0.3, 0.4) is 0 Å². The summed E-state index contributed by atoms with van der Waals surface area (Å²) >= 11 is 0. The molecule has 39 heteroatoms. The number of carboxylic acids is 3. The zero-order chi connectivity index (χ0) is 87.9. The number of Topliss-reactive ketones (excluding diaryl/α,β-unsaturated/α-hetero) is 2. The van der Waals surface area contributed by atoms with Gasteiger partial charge in [-0.2, -0.15) is 4.98 Å². The van der Waals surface area contributed by atoms with E-state index in [0.717, 1.165) is 44.8 Å². The fraction of sp³-hybridized carbons (Fsp3) is 0.667. The average molecular weight is 1790 g/mol. The van der Waals surface area contributed by atoms with Gasteiger partial charge in [-0.15, -0.1) is 0 Å². The first-order valence-corrected chi connectivity index (χ1v) is 42.2. The molecule has 38 nitrogen and oxygen atoms in total. The molecular weight excluding hydrogens is 1660 g/mol. The van der Waals surface area contributed by atoms with E-state index in [4.69, 9.17) is 48.4 Å². The Labute approximate surface area is 730 Å². The summed E-state index contributed by atoms with van der Waals surface area (Å²) in [6.45, 7) is 16.4. The third-order valence-electron chi connectivity index (χ3n) is 20.0. The van der Waals surface area contributed by atoms with E-state index < -0.39 is 52.3 Å². The number of H-pyrrole nitrogens is 1. The van der Waals surface area contributed by atoms with Gasteiger partial charge >= 0.3 is 25.8 Å². The number of anilines is 3. The summed E-state index contributed by atoms with van der Waals surface area (Å²) in [6.07, 6.45) is 13.7. The summed E-state index contributed by atoms with van der Waals surface area (Å²) < 4.78 is 49.6. The van der Waals surface area contributed by atoms with Crippen molar-refractivity contribution >= 4 is 95.9 Å². The third kappa shape index (κ3) is 43.8. The minimum atomic E-state index is -1.26. The number of ketones is 2. The van der Waals surface area contributed by atoms with E-state index in [-0.39, 0.29) is 153 Å². The molecule has 2 amide bonds. The first-order chi connectivity index (χ1) is 58.4. The van der Waals surface area contributed by atoms with Crippen molar-refractivity contribution in [2.45, 2.75) is 180 Å². The number of amides is 2. The summed E-state index contributed by atoms with van der Waals surface area (Å²) in [6, 6.07) is 4.15. The Kier molecular flexibility index (Phi) is 56.8. The maximum absolute atomic E-state index is 12.8. The number of nitrogen functional groups attached to an aromatic ring is 1. The normalized spacial score (nSPS) is 13.5. The van der Waals surface area contributed by atoms with Gasteiger partial charge in [-0.3, -0.25) is 62.8 Å². The predicted molar refractivity (Wildman–Crippen MR) is 453 cm³/mol. The number of hydrogen-bond donors (Lipinski definition) is 6. The number of aliphatic carboxylic acids is 3. The second-order valence-corrected chi connectivity index (χ2v) is 29.6. The van der Waals surface area contributed by atoms with Crippen LogP contribution in [0.5, 0.6) is 0 Å². The van der Waals surface area contributed by atoms with Crippen LogP contribution in [0.25, 0.3) is 11.2 Å². The van der Waals surface area contributed by atoms with E-state index in [0.29, 0.717) is 244 Å². The number of aromatic nitrogens is 4. The van der Waals surface area contributed by atoms with Crippen molar-refractivity contribution in [3.05, 3.63) is 110 Å². The van der Waals surface area contributed by atoms with Crippen molar-refractivity contribution < 1.29 is 102 Å². The van der Waals surface area contributed by atoms with Crippen LogP contribution in [0.4, 0.5) is 17.3 Å². The molecule has 123 heavy (non-hydrogen) atoms. The number of nitrogens with two attached hydrogens (primary N) is 1. The second-order valence-electron chi connectivity index (χ2n) is 29.6. The Morgan fingerprint density at radius 1 is 0.626 bits per heavy atom. The number of ether oxygens (including phenoxy) is 9. The monoisotopic (exact) mass is 1790 g/mol. The fourth-order valence-electron chi connectivity index (χ4n) is 13.2. The standard InChI is InChI=1S/C42H57N7O12.C42H71N5O13.Ga.H2O/c1-57-20-21-58-18-6-3-9-32-33(37(52)36(32)51)10-4-7-19-60-23-25-61-24-22-59-17-5-2-8-31(50)15-16-34(41(55)56)47-39(53)28-11-13-29(14-12-28)44-26-30-27-45-38-35(46-30)40(54)49-42(43)48-38;1-4-24-57-27-10-15-47(34(3)49)30-35(50)11-5-7-25-58-28-29-60-33(2)32-59-26-8-6-12-36-39(41(54)40(36)53)43-14-9-13-37(42(55)56)46-20-18-44(22-23-48)16-17-45(19-21-46)31-38(51)52;;/h11-14,27,34,44H,2-10,15-26H2,1H3,(H,47,53)(H,55,56)(H3,43,45,48,49,54);23,33,37,43H,4-22,24-32H2,1-3H3,(H,51,52)(H,55,56);;1H2/q;;+3;/p-3/t34-;;;/m0.../s1. The van der Waals surface area contributed by atoms with Crippen molar-refractivity contribution in [3.8, 4) is 0 Å². The molecule has 2 aromatic heterocycles. The molecule has 1 aliphatic rings. The Morgan fingerprint density at radius 3 is 1.75 bits per heavy atom. The van der Waals surface area contributed by atoms with Gasteiger partial charge in [-0.05, 0) is 147 Å². The van der Waals surface area contributed by atoms with Gasteiger partial charge in [0.2, 0.25) is 33.6 Å². The van der Waals surface area contributed by atoms with Gasteiger partial charge in [-0.1, -0.05) is 6.92 Å². The van der Waals surface area contributed by atoms with Crippen molar-refractivity contribution in [3.63, 3.8) is 0 Å². The zero-order valence-corrected chi connectivity index (χ0v) is 74.2. The van der Waals surface area contributed by atoms with Gasteiger partial charge in [0.15, 0.2) is 16.9 Å². The molecule has 5 aromatic rings. The molecule has 0 bridgehead atoms. The first-order valence-electron chi connectivity index (χ1n) is 42.2. The molecule has 0 spiro atoms. The summed E-state index contributed by atoms with van der Waals surface area (Å²) in [7, 11) is 1.62. The number of aldehydes is 1. The molecule has 3 atom stereocenters. The number of carbonyl (C=O) groups is 8. The van der Waals surface area contributed by atoms with Crippen LogP contribution >= 0.6 is 0 Å². The van der Waals surface area contributed by atoms with Crippen LogP contribution in [0.15, 0.2) is 54.4 Å². The van der Waals surface area contributed by atoms with Gasteiger partial charge < -0.3 is 104 Å². The number of rotatable bonds is 68. The number of methoxy groups -OCH3 is 1. The van der Waals surface area contributed by atoms with Gasteiger partial charge in [0.1, 0.15) is 18.1 Å². The van der Waals surface area contributed by atoms with Gasteiger partial charge in [0, 0.05) is 172 Å². The molecule has 0 radical (unpaired) electrons. The minimum absolute atomic E-state index is 0. The average Bonchev–Trinajstić information content (AvgIpc) is 1.64. The van der Waals surface area contributed by atoms with Gasteiger partial charge in [0.05, 0.1) is 115 Å². The van der Waals surface area contributed by atoms with E-state index in [1.807, 2.05) is 18.7 Å². The first kappa shape index (κ1) is 109.